The zero-order valence-corrected chi connectivity index (χ0v) is 33.2. The van der Waals surface area contributed by atoms with Crippen molar-refractivity contribution in [3.8, 4) is 0 Å². The van der Waals surface area contributed by atoms with Gasteiger partial charge in [0.1, 0.15) is 90.7 Å². The number of nitrogens with two attached hydrogens (primary N) is 3. The van der Waals surface area contributed by atoms with Crippen molar-refractivity contribution in [2.75, 3.05) is 37.0 Å². The molecule has 13 atom stereocenters. The number of imidazole rings is 3. The molecule has 0 spiro atoms. The monoisotopic (exact) mass is 911 g/mol. The minimum Gasteiger partial charge on any atom is -0.394 e. The lowest BCUT2D eigenvalue weighted by Gasteiger charge is -2.25. The molecule has 3 saturated heterocycles. The van der Waals surface area contributed by atoms with Gasteiger partial charge >= 0.3 is 15.6 Å². The predicted molar refractivity (Wildman–Crippen MR) is 201 cm³/mol. The number of phosphoric acid groups is 2. The second-order valence-corrected chi connectivity index (χ2v) is 16.9. The largest absolute Gasteiger partial charge is 0.472 e. The Morgan fingerprint density at radius 1 is 0.645 bits per heavy atom. The van der Waals surface area contributed by atoms with Crippen molar-refractivity contribution in [3.63, 3.8) is 0 Å². The number of halogens is 1. The highest BCUT2D eigenvalue weighted by atomic mass is 31.2. The highest BCUT2D eigenvalue weighted by Gasteiger charge is 2.53. The quantitative estimate of drug-likeness (QED) is 0.0570. The predicted octanol–water partition coefficient (Wildman–Crippen LogP) is -1.61. The third kappa shape index (κ3) is 7.72. The van der Waals surface area contributed by atoms with Crippen LogP contribution in [0.3, 0.4) is 0 Å². The summed E-state index contributed by atoms with van der Waals surface area (Å²) in [5.41, 5.74) is 18.6. The number of alkyl halides is 1. The summed E-state index contributed by atoms with van der Waals surface area (Å²) in [6, 6.07) is 0. The fraction of sp³-hybridized carbons (Fsp3) is 0.500. The van der Waals surface area contributed by atoms with Crippen molar-refractivity contribution in [2.45, 2.75) is 74.0 Å². The molecule has 0 bridgehead atoms. The number of ether oxygens (including phenoxy) is 3. The summed E-state index contributed by atoms with van der Waals surface area (Å²) in [4.78, 5) is 58.2. The van der Waals surface area contributed by atoms with Crippen LogP contribution in [0.4, 0.5) is 21.8 Å². The van der Waals surface area contributed by atoms with Gasteiger partial charge in [0.25, 0.3) is 0 Å². The summed E-state index contributed by atoms with van der Waals surface area (Å²) in [5, 5.41) is 32.3. The molecule has 2 unspecified atom stereocenters. The van der Waals surface area contributed by atoms with Crippen LogP contribution in [0.25, 0.3) is 33.5 Å². The minimum absolute atomic E-state index is 0.00628. The lowest BCUT2D eigenvalue weighted by Crippen LogP contribution is -2.36. The molecule has 29 nitrogen and oxygen atoms in total. The van der Waals surface area contributed by atoms with E-state index in [1.165, 1.54) is 32.7 Å². The van der Waals surface area contributed by atoms with Crippen LogP contribution in [-0.4, -0.2) is 152 Å². The molecular formula is C30H36FN15O14P2. The van der Waals surface area contributed by atoms with Gasteiger partial charge in [-0.05, 0) is 0 Å². The average Bonchev–Trinajstić information content (AvgIpc) is 4.10. The number of anilines is 3. The molecular weight excluding hydrogens is 875 g/mol. The molecule has 11 N–H and O–H groups in total. The van der Waals surface area contributed by atoms with Gasteiger partial charge in [-0.25, -0.2) is 58.4 Å². The van der Waals surface area contributed by atoms with Crippen LogP contribution < -0.4 is 17.2 Å². The van der Waals surface area contributed by atoms with Gasteiger partial charge in [0.15, 0.2) is 46.9 Å². The van der Waals surface area contributed by atoms with Gasteiger partial charge in [-0.1, -0.05) is 0 Å². The van der Waals surface area contributed by atoms with Crippen molar-refractivity contribution >= 4 is 66.6 Å². The highest BCUT2D eigenvalue weighted by molar-refractivity contribution is 7.47. The van der Waals surface area contributed by atoms with Gasteiger partial charge in [0.2, 0.25) is 0 Å². The van der Waals surface area contributed by atoms with Crippen molar-refractivity contribution in [1.82, 2.24) is 58.6 Å². The maximum absolute atomic E-state index is 15.3. The van der Waals surface area contributed by atoms with E-state index in [0.29, 0.717) is 0 Å². The summed E-state index contributed by atoms with van der Waals surface area (Å²) in [6.07, 6.45) is -10.2. The van der Waals surface area contributed by atoms with E-state index < -0.39 is 103 Å². The Balaban J connectivity index is 0.906. The third-order valence-corrected chi connectivity index (χ3v) is 12.3. The molecule has 0 saturated carbocycles. The fourth-order valence-corrected chi connectivity index (χ4v) is 9.17. The average molecular weight is 912 g/mol. The van der Waals surface area contributed by atoms with E-state index in [9.17, 15) is 34.2 Å². The van der Waals surface area contributed by atoms with Crippen molar-refractivity contribution in [2.24, 2.45) is 0 Å². The van der Waals surface area contributed by atoms with E-state index in [0.717, 1.165) is 19.0 Å². The number of phosphoric ester groups is 2. The third-order valence-electron chi connectivity index (χ3n) is 10.3. The molecule has 9 heterocycles. The second kappa shape index (κ2) is 16.3. The molecule has 332 valence electrons. The molecule has 3 aliphatic rings. The number of aliphatic hydroxyl groups is 3. The molecule has 6 aromatic rings. The number of fused-ring (bicyclic) bond motifs is 3. The van der Waals surface area contributed by atoms with Gasteiger partial charge < -0.3 is 56.5 Å². The highest BCUT2D eigenvalue weighted by Crippen LogP contribution is 2.53. The van der Waals surface area contributed by atoms with E-state index >= 15 is 4.39 Å². The number of aromatic nitrogens is 12. The molecule has 0 radical (unpaired) electrons. The number of hydrogen-bond acceptors (Lipinski definition) is 24. The zero-order valence-electron chi connectivity index (χ0n) is 31.4. The lowest BCUT2D eigenvalue weighted by molar-refractivity contribution is -0.0627. The molecule has 62 heavy (non-hydrogen) atoms. The Labute approximate surface area is 344 Å². The molecule has 3 aliphatic heterocycles. The summed E-state index contributed by atoms with van der Waals surface area (Å²) >= 11 is 0. The molecule has 3 fully saturated rings. The van der Waals surface area contributed by atoms with Crippen LogP contribution in [0.1, 0.15) is 25.1 Å². The summed E-state index contributed by atoms with van der Waals surface area (Å²) in [5.74, 6) is 0.0540. The van der Waals surface area contributed by atoms with Gasteiger partial charge in [0.05, 0.1) is 38.8 Å². The molecule has 9 rings (SSSR count). The standard InChI is InChI=1S/C30H36FN15O14P2/c31-11-1-15(44-8-41-16-23(32)35-5-38-26(16)44)56-13(11)3-54-61(50,51)60-22-20(49)14(58-30(22)46-10-43-18-25(34)37-7-40-28(18)46)4-55-62(52,53)59-21-19(48)12(2-47)57-29(21)45-9-42-17-24(33)36-6-39-27(17)45/h5-15,19-22,29-30,47-49H,1-4H2,(H,50,51)(H,52,53)(H2,32,35,38)(H2,33,36,39)(H2,34,37,40)/t11-,12+,13+,14+,15+,19+,20+,21+,22+,29+,30+/m0/s1. The van der Waals surface area contributed by atoms with Gasteiger partial charge in [0, 0.05) is 6.42 Å². The van der Waals surface area contributed by atoms with Gasteiger partial charge in [-0.15, -0.1) is 0 Å². The fourth-order valence-electron chi connectivity index (χ4n) is 7.31. The van der Waals surface area contributed by atoms with Crippen LogP contribution in [0.5, 0.6) is 0 Å². The zero-order chi connectivity index (χ0) is 43.7. The Hall–Kier alpha value is -5.04. The van der Waals surface area contributed by atoms with Crippen LogP contribution in [0.2, 0.25) is 0 Å². The van der Waals surface area contributed by atoms with Crippen LogP contribution in [0.15, 0.2) is 38.0 Å². The van der Waals surface area contributed by atoms with Gasteiger partial charge in [-0.2, -0.15) is 0 Å². The van der Waals surface area contributed by atoms with Crippen molar-refractivity contribution < 1.29 is 70.9 Å². The van der Waals surface area contributed by atoms with Gasteiger partial charge in [-0.3, -0.25) is 31.8 Å². The number of rotatable bonds is 14. The molecule has 32 heteroatoms. The van der Waals surface area contributed by atoms with E-state index in [-0.39, 0.29) is 57.4 Å². The Morgan fingerprint density at radius 3 is 1.55 bits per heavy atom. The second-order valence-electron chi connectivity index (χ2n) is 14.1. The number of aliphatic hydroxyl groups excluding tert-OH is 3. The molecule has 0 aromatic carbocycles. The normalized spacial score (nSPS) is 31.0. The summed E-state index contributed by atoms with van der Waals surface area (Å²) in [7, 11) is -10.5. The Kier molecular flexibility index (Phi) is 11.1. The molecule has 0 amide bonds. The number of nitrogens with zero attached hydrogens (tertiary/aromatic N) is 12. The van der Waals surface area contributed by atoms with E-state index in [1.54, 1.807) is 0 Å². The number of nitrogen functional groups attached to an aromatic ring is 3. The van der Waals surface area contributed by atoms with Crippen LogP contribution >= 0.6 is 15.6 Å². The van der Waals surface area contributed by atoms with Crippen molar-refractivity contribution in [3.05, 3.63) is 38.0 Å². The minimum atomic E-state index is -5.26. The Bertz CT molecular complexity index is 2710. The first-order chi connectivity index (χ1) is 29.6. The lowest BCUT2D eigenvalue weighted by atomic mass is 10.1. The topological polar surface area (TPSA) is 409 Å². The Morgan fingerprint density at radius 2 is 1.06 bits per heavy atom. The first-order valence-electron chi connectivity index (χ1n) is 18.3. The smallest absolute Gasteiger partial charge is 0.394 e. The maximum atomic E-state index is 15.3. The van der Waals surface area contributed by atoms with Crippen LogP contribution in [0, 0.1) is 0 Å². The molecule has 0 aliphatic carbocycles. The first-order valence-corrected chi connectivity index (χ1v) is 21.3. The number of hydrogen-bond donors (Lipinski definition) is 8. The van der Waals surface area contributed by atoms with E-state index in [4.69, 9.17) is 49.5 Å². The maximum Gasteiger partial charge on any atom is 0.472 e. The molecule has 6 aromatic heterocycles. The summed E-state index contributed by atoms with van der Waals surface area (Å²) < 4.78 is 84.8. The van der Waals surface area contributed by atoms with E-state index in [1.807, 2.05) is 0 Å². The van der Waals surface area contributed by atoms with Crippen LogP contribution in [-0.2, 0) is 41.4 Å². The van der Waals surface area contributed by atoms with Crippen molar-refractivity contribution in [1.29, 1.82) is 0 Å². The first kappa shape index (κ1) is 42.3. The van der Waals surface area contributed by atoms with E-state index in [2.05, 4.69) is 44.9 Å². The SMILES string of the molecule is Nc1ncnc2c1ncn2[C@@H]1O[C@H](CO)[C@@H](O)[C@H]1OP(=O)(O)OC[C@H]1O[C@@H](n2cnc3c(N)ncnc32)[C@H](OP(=O)(O)OC[C@H]2O[C@@H](n3cnc4c(N)ncnc43)C[C@@H]2F)[C@@H]1O. The summed E-state index contributed by atoms with van der Waals surface area (Å²) in [6.45, 7) is -2.47.